The molecule has 0 unspecified atom stereocenters. The Morgan fingerprint density at radius 3 is 2.76 bits per heavy atom. The lowest BCUT2D eigenvalue weighted by Gasteiger charge is -2.17. The molecule has 0 heterocycles. The molecule has 0 fully saturated rings. The third kappa shape index (κ3) is 2.54. The van der Waals surface area contributed by atoms with Crippen LogP contribution in [-0.4, -0.2) is 0 Å². The molecule has 0 atom stereocenters. The highest BCUT2D eigenvalue weighted by Crippen LogP contribution is 2.45. The predicted molar refractivity (Wildman–Crippen MR) is 84.4 cm³/mol. The van der Waals surface area contributed by atoms with Gasteiger partial charge in [-0.2, -0.15) is 0 Å². The summed E-state index contributed by atoms with van der Waals surface area (Å²) in [5.41, 5.74) is 4.56. The predicted octanol–water partition coefficient (Wildman–Crippen LogP) is 5.26. The highest BCUT2D eigenvalue weighted by molar-refractivity contribution is 14.1. The molecule has 1 aliphatic rings. The van der Waals surface area contributed by atoms with Crippen LogP contribution in [0.1, 0.15) is 31.4 Å². The number of hydrogen-bond acceptors (Lipinski definition) is 0. The summed E-state index contributed by atoms with van der Waals surface area (Å²) < 4.78 is 1.18. The zero-order chi connectivity index (χ0) is 12.5. The first-order chi connectivity index (χ1) is 8.04. The van der Waals surface area contributed by atoms with Gasteiger partial charge in [-0.1, -0.05) is 56.8 Å². The topological polar surface area (TPSA) is 0 Å². The Labute approximate surface area is 117 Å². The lowest BCUT2D eigenvalue weighted by Crippen LogP contribution is -2.11. The van der Waals surface area contributed by atoms with E-state index in [1.54, 1.807) is 0 Å². The van der Waals surface area contributed by atoms with Crippen molar-refractivity contribution in [1.82, 2.24) is 0 Å². The van der Waals surface area contributed by atoms with Crippen molar-refractivity contribution in [2.45, 2.75) is 25.7 Å². The van der Waals surface area contributed by atoms with Crippen molar-refractivity contribution in [1.29, 1.82) is 0 Å². The molecule has 0 saturated heterocycles. The zero-order valence-electron chi connectivity index (χ0n) is 10.3. The standard InChI is InChI=1S/C16H17I/c1-4-13(17)10-9-12-11-16(2,3)15-8-6-5-7-14(12)15/h4-10H,1,11H2,2-3H3/b12-9+,13-10+. The summed E-state index contributed by atoms with van der Waals surface area (Å²) in [5.74, 6) is 0. The molecule has 0 spiro atoms. The molecule has 88 valence electrons. The highest BCUT2D eigenvalue weighted by atomic mass is 127. The Morgan fingerprint density at radius 1 is 1.35 bits per heavy atom. The molecule has 0 amide bonds. The number of rotatable bonds is 2. The molecule has 1 aromatic rings. The molecular weight excluding hydrogens is 319 g/mol. The minimum Gasteiger partial charge on any atom is -0.0980 e. The number of fused-ring (bicyclic) bond motifs is 1. The molecule has 0 nitrogen and oxygen atoms in total. The maximum Gasteiger partial charge on any atom is 0.0124 e. The van der Waals surface area contributed by atoms with Crippen LogP contribution in [0.25, 0.3) is 5.57 Å². The maximum absolute atomic E-state index is 3.77. The largest absolute Gasteiger partial charge is 0.0980 e. The van der Waals surface area contributed by atoms with Crippen LogP contribution in [0.3, 0.4) is 0 Å². The number of benzene rings is 1. The van der Waals surface area contributed by atoms with Crippen molar-refractivity contribution in [2.24, 2.45) is 0 Å². The van der Waals surface area contributed by atoms with Crippen LogP contribution in [0, 0.1) is 0 Å². The second-order valence-corrected chi connectivity index (χ2v) is 6.30. The van der Waals surface area contributed by atoms with E-state index in [1.807, 2.05) is 6.08 Å². The first-order valence-corrected chi connectivity index (χ1v) is 6.91. The van der Waals surface area contributed by atoms with Crippen molar-refractivity contribution < 1.29 is 0 Å². The summed E-state index contributed by atoms with van der Waals surface area (Å²) >= 11 is 2.30. The Hall–Kier alpha value is -0.830. The summed E-state index contributed by atoms with van der Waals surface area (Å²) in [4.78, 5) is 0. The van der Waals surface area contributed by atoms with Gasteiger partial charge in [-0.05, 0) is 57.2 Å². The minimum atomic E-state index is 0.260. The highest BCUT2D eigenvalue weighted by Gasteiger charge is 2.32. The Bertz CT molecular complexity index is 504. The van der Waals surface area contributed by atoms with Gasteiger partial charge in [0.1, 0.15) is 0 Å². The van der Waals surface area contributed by atoms with E-state index < -0.39 is 0 Å². The van der Waals surface area contributed by atoms with E-state index in [9.17, 15) is 0 Å². The summed E-state index contributed by atoms with van der Waals surface area (Å²) in [6.07, 6.45) is 7.37. The van der Waals surface area contributed by atoms with Crippen molar-refractivity contribution in [3.63, 3.8) is 0 Å². The molecule has 1 heteroatoms. The zero-order valence-corrected chi connectivity index (χ0v) is 12.5. The fourth-order valence-electron chi connectivity index (χ4n) is 2.42. The van der Waals surface area contributed by atoms with E-state index in [4.69, 9.17) is 0 Å². The van der Waals surface area contributed by atoms with Crippen LogP contribution in [0.15, 0.2) is 52.7 Å². The molecule has 1 aromatic carbocycles. The van der Waals surface area contributed by atoms with Gasteiger partial charge in [-0.3, -0.25) is 0 Å². The Morgan fingerprint density at radius 2 is 2.06 bits per heavy atom. The van der Waals surface area contributed by atoms with Gasteiger partial charge in [0.2, 0.25) is 0 Å². The van der Waals surface area contributed by atoms with Crippen LogP contribution in [0.4, 0.5) is 0 Å². The van der Waals surface area contributed by atoms with E-state index in [-0.39, 0.29) is 5.41 Å². The molecule has 17 heavy (non-hydrogen) atoms. The molecule has 0 radical (unpaired) electrons. The normalized spacial score (nSPS) is 20.4. The van der Waals surface area contributed by atoms with Gasteiger partial charge in [-0.15, -0.1) is 0 Å². The summed E-state index contributed by atoms with van der Waals surface area (Å²) in [6.45, 7) is 8.40. The first kappa shape index (κ1) is 12.6. The van der Waals surface area contributed by atoms with Crippen LogP contribution in [-0.2, 0) is 5.41 Å². The van der Waals surface area contributed by atoms with Gasteiger partial charge in [0.25, 0.3) is 0 Å². The first-order valence-electron chi connectivity index (χ1n) is 5.83. The van der Waals surface area contributed by atoms with Crippen LogP contribution >= 0.6 is 22.6 Å². The van der Waals surface area contributed by atoms with E-state index >= 15 is 0 Å². The molecule has 0 aliphatic heterocycles. The summed E-state index contributed by atoms with van der Waals surface area (Å²) in [6, 6.07) is 8.73. The Balaban J connectivity index is 2.45. The second kappa shape index (κ2) is 4.81. The van der Waals surface area contributed by atoms with Gasteiger partial charge in [0.05, 0.1) is 0 Å². The number of hydrogen-bond donors (Lipinski definition) is 0. The van der Waals surface area contributed by atoms with Gasteiger partial charge in [0, 0.05) is 3.58 Å². The molecule has 1 aliphatic carbocycles. The van der Waals surface area contributed by atoms with Crippen molar-refractivity contribution >= 4 is 28.2 Å². The fourth-order valence-corrected chi connectivity index (χ4v) is 2.60. The smallest absolute Gasteiger partial charge is 0.0124 e. The van der Waals surface area contributed by atoms with E-state index in [0.29, 0.717) is 0 Å². The molecule has 2 rings (SSSR count). The molecule has 0 N–H and O–H groups in total. The molecular formula is C16H17I. The van der Waals surface area contributed by atoms with Gasteiger partial charge >= 0.3 is 0 Å². The quantitative estimate of drug-likeness (QED) is 0.511. The van der Waals surface area contributed by atoms with E-state index in [1.165, 1.54) is 20.3 Å². The van der Waals surface area contributed by atoms with Crippen LogP contribution in [0.5, 0.6) is 0 Å². The van der Waals surface area contributed by atoms with E-state index in [2.05, 4.69) is 79.4 Å². The summed E-state index contributed by atoms with van der Waals surface area (Å²) in [7, 11) is 0. The van der Waals surface area contributed by atoms with Crippen molar-refractivity contribution in [2.75, 3.05) is 0 Å². The van der Waals surface area contributed by atoms with E-state index in [0.717, 1.165) is 6.42 Å². The number of allylic oxidation sites excluding steroid dienone is 5. The molecule has 0 aromatic heterocycles. The minimum absolute atomic E-state index is 0.260. The maximum atomic E-state index is 3.77. The summed E-state index contributed by atoms with van der Waals surface area (Å²) in [5, 5.41) is 0. The average Bonchev–Trinajstić information content (AvgIpc) is 2.59. The Kier molecular flexibility index (Phi) is 3.57. The van der Waals surface area contributed by atoms with Gasteiger partial charge in [-0.25, -0.2) is 0 Å². The fraction of sp³-hybridized carbons (Fsp3) is 0.250. The molecule has 0 bridgehead atoms. The van der Waals surface area contributed by atoms with Gasteiger partial charge < -0.3 is 0 Å². The monoisotopic (exact) mass is 336 g/mol. The molecule has 0 saturated carbocycles. The third-order valence-electron chi connectivity index (χ3n) is 3.27. The van der Waals surface area contributed by atoms with Crippen molar-refractivity contribution in [3.8, 4) is 0 Å². The van der Waals surface area contributed by atoms with Gasteiger partial charge in [0.15, 0.2) is 0 Å². The van der Waals surface area contributed by atoms with Crippen LogP contribution in [0.2, 0.25) is 0 Å². The average molecular weight is 336 g/mol. The lowest BCUT2D eigenvalue weighted by atomic mass is 9.86. The SMILES string of the molecule is C=C/C(I)=C\C=C1/CC(C)(C)c2ccccc21. The lowest BCUT2D eigenvalue weighted by molar-refractivity contribution is 0.563. The number of halogens is 1. The second-order valence-electron chi connectivity index (χ2n) is 5.05. The van der Waals surface area contributed by atoms with Crippen LogP contribution < -0.4 is 0 Å². The van der Waals surface area contributed by atoms with Crippen molar-refractivity contribution in [3.05, 3.63) is 63.8 Å². The third-order valence-corrected chi connectivity index (χ3v) is 4.07.